The molecule has 0 heterocycles. The molecule has 0 amide bonds. The fourth-order valence-electron chi connectivity index (χ4n) is 3.20. The fourth-order valence-corrected chi connectivity index (χ4v) is 3.20. The van der Waals surface area contributed by atoms with E-state index in [4.69, 9.17) is 5.11 Å². The minimum atomic E-state index is -0.981. The number of carbonyl (C=O) groups is 1. The van der Waals surface area contributed by atoms with Gasteiger partial charge in [-0.15, -0.1) is 0 Å². The van der Waals surface area contributed by atoms with Crippen LogP contribution in [0.3, 0.4) is 0 Å². The van der Waals surface area contributed by atoms with Crippen molar-refractivity contribution in [1.82, 2.24) is 0 Å². The molecule has 3 aliphatic carbocycles. The monoisotopic (exact) mass is 244 g/mol. The summed E-state index contributed by atoms with van der Waals surface area (Å²) in [6.45, 7) is 9.58. The van der Waals surface area contributed by atoms with Gasteiger partial charge in [-0.2, -0.15) is 0 Å². The molecule has 3 fully saturated rings. The fraction of sp³-hybridized carbons (Fsp3) is 0.769. The number of hydrogen-bond donors (Lipinski definition) is 2. The second kappa shape index (κ2) is 5.19. The third-order valence-corrected chi connectivity index (χ3v) is 4.39. The Morgan fingerprint density at radius 1 is 1.41 bits per heavy atom. The Labute approximate surface area is 103 Å². The number of hydrogen-bond acceptors (Lipinski definition) is 2. The summed E-state index contributed by atoms with van der Waals surface area (Å²) < 4.78 is 0. The summed E-state index contributed by atoms with van der Waals surface area (Å²) in [5.74, 6) is 0.478. The Morgan fingerprint density at radius 2 is 1.88 bits per heavy atom. The average molecular weight is 244 g/mol. The molecule has 3 atom stereocenters. The van der Waals surface area contributed by atoms with Crippen LogP contribution in [0.4, 0.5) is 0 Å². The van der Waals surface area contributed by atoms with E-state index in [1.807, 2.05) is 6.92 Å². The van der Waals surface area contributed by atoms with Gasteiger partial charge in [-0.05, 0) is 43.4 Å². The Kier molecular flexibility index (Phi) is 4.92. The first-order valence-electron chi connectivity index (χ1n) is 5.79. The summed E-state index contributed by atoms with van der Waals surface area (Å²) in [5.41, 5.74) is 0.0556. The normalized spacial score (nSPS) is 36.5. The first-order valence-corrected chi connectivity index (χ1v) is 5.79. The number of carboxylic acids is 1. The van der Waals surface area contributed by atoms with Crippen LogP contribution in [0.1, 0.15) is 40.0 Å². The van der Waals surface area contributed by atoms with Crippen molar-refractivity contribution in [3.63, 3.8) is 0 Å². The lowest BCUT2D eigenvalue weighted by Gasteiger charge is -2.62. The van der Waals surface area contributed by atoms with Gasteiger partial charge in [0.15, 0.2) is 0 Å². The zero-order valence-electron chi connectivity index (χ0n) is 10.9. The van der Waals surface area contributed by atoms with E-state index >= 15 is 0 Å². The predicted molar refractivity (Wildman–Crippen MR) is 66.7 cm³/mol. The van der Waals surface area contributed by atoms with Crippen molar-refractivity contribution in [3.05, 3.63) is 12.7 Å². The first kappa shape index (κ1) is 16.1. The van der Waals surface area contributed by atoms with Crippen molar-refractivity contribution in [2.45, 2.75) is 45.6 Å². The molecule has 3 rings (SSSR count). The maximum atomic E-state index is 10.0. The van der Waals surface area contributed by atoms with Crippen LogP contribution in [0.2, 0.25) is 0 Å². The summed E-state index contributed by atoms with van der Waals surface area (Å²) in [7, 11) is 0. The van der Waals surface area contributed by atoms with E-state index in [1.165, 1.54) is 12.8 Å². The summed E-state index contributed by atoms with van der Waals surface area (Å²) in [6.07, 6.45) is 4.35. The van der Waals surface area contributed by atoms with E-state index in [2.05, 4.69) is 20.4 Å². The molecule has 3 saturated carbocycles. The van der Waals surface area contributed by atoms with Crippen LogP contribution >= 0.6 is 0 Å². The lowest BCUT2D eigenvalue weighted by Crippen LogP contribution is -2.60. The van der Waals surface area contributed by atoms with Crippen molar-refractivity contribution in [3.8, 4) is 0 Å². The predicted octanol–water partition coefficient (Wildman–Crippen LogP) is 1.63. The number of rotatable bonds is 1. The summed E-state index contributed by atoms with van der Waals surface area (Å²) in [5, 5.41) is 17.6. The highest BCUT2D eigenvalue weighted by molar-refractivity contribution is 5.78. The van der Waals surface area contributed by atoms with E-state index in [0.29, 0.717) is 11.3 Å². The van der Waals surface area contributed by atoms with E-state index in [1.54, 1.807) is 0 Å². The van der Waals surface area contributed by atoms with Crippen LogP contribution in [0.5, 0.6) is 0 Å². The smallest absolute Gasteiger partial charge is 0.327 e. The minimum absolute atomic E-state index is 0. The Hall–Kier alpha value is -0.870. The molecular formula is C13H24O4. The highest BCUT2D eigenvalue weighted by Crippen LogP contribution is 2.62. The van der Waals surface area contributed by atoms with Gasteiger partial charge in [-0.1, -0.05) is 20.4 Å². The summed E-state index contributed by atoms with van der Waals surface area (Å²) in [6, 6.07) is 0. The van der Waals surface area contributed by atoms with Crippen molar-refractivity contribution >= 4 is 5.97 Å². The molecule has 3 aliphatic rings. The molecule has 0 saturated heterocycles. The molecule has 100 valence electrons. The third-order valence-electron chi connectivity index (χ3n) is 4.39. The molecule has 4 N–H and O–H groups in total. The van der Waals surface area contributed by atoms with Gasteiger partial charge >= 0.3 is 5.97 Å². The van der Waals surface area contributed by atoms with Gasteiger partial charge in [0.25, 0.3) is 0 Å². The van der Waals surface area contributed by atoms with Gasteiger partial charge in [-0.3, -0.25) is 0 Å². The van der Waals surface area contributed by atoms with Gasteiger partial charge in [-0.25, -0.2) is 4.79 Å². The van der Waals surface area contributed by atoms with Gasteiger partial charge < -0.3 is 15.7 Å². The first-order chi connectivity index (χ1) is 7.21. The second-order valence-electron chi connectivity index (χ2n) is 5.74. The quantitative estimate of drug-likeness (QED) is 0.687. The minimum Gasteiger partial charge on any atom is -0.478 e. The molecule has 2 bridgehead atoms. The van der Waals surface area contributed by atoms with Gasteiger partial charge in [0.2, 0.25) is 0 Å². The third kappa shape index (κ3) is 3.07. The molecule has 17 heavy (non-hydrogen) atoms. The molecule has 4 nitrogen and oxygen atoms in total. The average Bonchev–Trinajstić information content (AvgIpc) is 2.16. The summed E-state index contributed by atoms with van der Waals surface area (Å²) >= 11 is 0. The topological polar surface area (TPSA) is 89.0 Å². The lowest BCUT2D eigenvalue weighted by molar-refractivity contribution is -0.192. The molecule has 0 spiro atoms. The van der Waals surface area contributed by atoms with Crippen molar-refractivity contribution in [2.24, 2.45) is 17.3 Å². The highest BCUT2D eigenvalue weighted by atomic mass is 16.4. The maximum Gasteiger partial charge on any atom is 0.327 e. The number of aliphatic carboxylic acids is 1. The van der Waals surface area contributed by atoms with Crippen LogP contribution in [-0.2, 0) is 4.79 Å². The SMILES string of the molecule is C=CC(=O)O.CC1(O)CCC2CC1C2(C)C.O. The molecule has 4 heteroatoms. The Morgan fingerprint density at radius 3 is 2.06 bits per heavy atom. The van der Waals surface area contributed by atoms with E-state index in [9.17, 15) is 9.90 Å². The van der Waals surface area contributed by atoms with E-state index in [-0.39, 0.29) is 11.1 Å². The highest BCUT2D eigenvalue weighted by Gasteiger charge is 2.58. The van der Waals surface area contributed by atoms with Gasteiger partial charge in [0.05, 0.1) is 5.60 Å². The van der Waals surface area contributed by atoms with Crippen molar-refractivity contribution < 1.29 is 20.5 Å². The molecule has 0 radical (unpaired) electrons. The molecule has 0 aromatic rings. The van der Waals surface area contributed by atoms with Crippen molar-refractivity contribution in [2.75, 3.05) is 0 Å². The standard InChI is InChI=1S/C10H18O.C3H4O2.H2O/c1-9(2)7-4-5-10(3,11)8(9)6-7;1-2-3(4)5;/h7-8,11H,4-6H2,1-3H3;2H,1H2,(H,4,5);1H2. The number of aliphatic hydroxyl groups is 1. The number of fused-ring (bicyclic) bond motifs is 2. The summed E-state index contributed by atoms with van der Waals surface area (Å²) in [4.78, 5) is 9.25. The van der Waals surface area contributed by atoms with Crippen LogP contribution in [0.25, 0.3) is 0 Å². The van der Waals surface area contributed by atoms with Crippen LogP contribution < -0.4 is 0 Å². The van der Waals surface area contributed by atoms with Gasteiger partial charge in [0.1, 0.15) is 0 Å². The van der Waals surface area contributed by atoms with E-state index in [0.717, 1.165) is 18.4 Å². The van der Waals surface area contributed by atoms with Crippen LogP contribution in [0, 0.1) is 17.3 Å². The second-order valence-corrected chi connectivity index (χ2v) is 5.74. The van der Waals surface area contributed by atoms with Crippen molar-refractivity contribution in [1.29, 1.82) is 0 Å². The molecule has 0 aromatic carbocycles. The number of carboxylic acid groups (broad SMARTS) is 1. The van der Waals surface area contributed by atoms with Gasteiger partial charge in [0, 0.05) is 6.08 Å². The zero-order valence-corrected chi connectivity index (χ0v) is 10.9. The lowest BCUT2D eigenvalue weighted by atomic mass is 9.44. The van der Waals surface area contributed by atoms with Crippen LogP contribution in [-0.4, -0.2) is 27.3 Å². The molecular weight excluding hydrogens is 220 g/mol. The molecule has 0 aromatic heterocycles. The molecule has 3 unspecified atom stereocenters. The Bertz CT molecular complexity index is 284. The molecule has 0 aliphatic heterocycles. The maximum absolute atomic E-state index is 10.0. The Balaban J connectivity index is 0.000000373. The van der Waals surface area contributed by atoms with E-state index < -0.39 is 5.97 Å². The van der Waals surface area contributed by atoms with Crippen LogP contribution in [0.15, 0.2) is 12.7 Å². The zero-order chi connectivity index (χ0) is 12.6. The largest absolute Gasteiger partial charge is 0.478 e.